The predicted octanol–water partition coefficient (Wildman–Crippen LogP) is 2.86. The summed E-state index contributed by atoms with van der Waals surface area (Å²) in [7, 11) is -2.39. The van der Waals surface area contributed by atoms with Gasteiger partial charge in [0.25, 0.3) is 11.8 Å². The van der Waals surface area contributed by atoms with Crippen LogP contribution in [-0.4, -0.2) is 37.6 Å². The number of benzene rings is 2. The normalized spacial score (nSPS) is 11.7. The van der Waals surface area contributed by atoms with Crippen LogP contribution in [0.3, 0.4) is 0 Å². The fourth-order valence-corrected chi connectivity index (χ4v) is 3.87. The van der Waals surface area contributed by atoms with Crippen LogP contribution in [-0.2, 0) is 10.0 Å². The summed E-state index contributed by atoms with van der Waals surface area (Å²) in [6.45, 7) is 3.43. The summed E-state index contributed by atoms with van der Waals surface area (Å²) in [6.07, 6.45) is 0. The molecule has 0 atom stereocenters. The Bertz CT molecular complexity index is 1040. The first kappa shape index (κ1) is 21.8. The van der Waals surface area contributed by atoms with Crippen LogP contribution in [0.5, 0.6) is 0 Å². The van der Waals surface area contributed by atoms with Crippen molar-refractivity contribution in [3.63, 3.8) is 0 Å². The average Bonchev–Trinajstić information content (AvgIpc) is 2.62. The van der Waals surface area contributed by atoms with Crippen molar-refractivity contribution >= 4 is 39.1 Å². The monoisotopic (exact) mass is 427 g/mol. The van der Waals surface area contributed by atoms with Gasteiger partial charge in [-0.15, -0.1) is 0 Å². The number of carbonyl (C=O) groups excluding carboxylic acids is 2. The number of hydrogen-bond donors (Lipinski definition) is 2. The van der Waals surface area contributed by atoms with E-state index in [0.717, 1.165) is 22.5 Å². The van der Waals surface area contributed by atoms with E-state index in [1.807, 2.05) is 0 Å². The van der Waals surface area contributed by atoms with Crippen LogP contribution in [0.2, 0.25) is 5.02 Å². The third kappa shape index (κ3) is 4.49. The van der Waals surface area contributed by atoms with Gasteiger partial charge in [0.05, 0.1) is 21.0 Å². The molecule has 0 saturated heterocycles. The van der Waals surface area contributed by atoms with Crippen molar-refractivity contribution in [2.75, 3.05) is 12.4 Å². The minimum absolute atomic E-state index is 0.0286. The van der Waals surface area contributed by atoms with Crippen LogP contribution < -0.4 is 11.1 Å². The fraction of sp³-hybridized carbons (Fsp3) is 0.222. The first-order valence-electron chi connectivity index (χ1n) is 8.13. The van der Waals surface area contributed by atoms with Gasteiger partial charge in [-0.25, -0.2) is 12.8 Å². The maximum absolute atomic E-state index is 13.6. The summed E-state index contributed by atoms with van der Waals surface area (Å²) >= 11 is 6.05. The van der Waals surface area contributed by atoms with E-state index in [1.54, 1.807) is 13.8 Å². The molecule has 2 aromatic rings. The van der Waals surface area contributed by atoms with Gasteiger partial charge in [0.1, 0.15) is 5.82 Å². The number of rotatable bonds is 6. The number of nitrogens with zero attached hydrogens (tertiary/aromatic N) is 1. The molecule has 0 aromatic heterocycles. The number of hydrogen-bond acceptors (Lipinski definition) is 4. The van der Waals surface area contributed by atoms with E-state index in [4.69, 9.17) is 17.3 Å². The van der Waals surface area contributed by atoms with Gasteiger partial charge in [0, 0.05) is 18.8 Å². The van der Waals surface area contributed by atoms with E-state index in [0.29, 0.717) is 0 Å². The smallest absolute Gasteiger partial charge is 0.257 e. The molecule has 28 heavy (non-hydrogen) atoms. The molecule has 3 N–H and O–H groups in total. The molecule has 0 unspecified atom stereocenters. The highest BCUT2D eigenvalue weighted by atomic mass is 35.5. The zero-order valence-corrected chi connectivity index (χ0v) is 16.9. The zero-order valence-electron chi connectivity index (χ0n) is 15.4. The standard InChI is InChI=1S/C18H19ClFN3O4S/c1-10(2)23(3)28(26,27)12-5-6-15(19)13(9-12)18(25)22-11-4-7-16(20)14(8-11)17(21)24/h4-10H,1-3H3,(H2,21,24)(H,22,25). The molecule has 2 aromatic carbocycles. The van der Waals surface area contributed by atoms with Gasteiger partial charge in [-0.1, -0.05) is 11.6 Å². The number of nitrogens with two attached hydrogens (primary N) is 1. The molecule has 0 heterocycles. The third-order valence-corrected chi connectivity index (χ3v) is 6.44. The first-order valence-corrected chi connectivity index (χ1v) is 9.95. The molecule has 0 bridgehead atoms. The number of halogens is 2. The van der Waals surface area contributed by atoms with Gasteiger partial charge in [0.2, 0.25) is 10.0 Å². The second-order valence-corrected chi connectivity index (χ2v) is 8.67. The lowest BCUT2D eigenvalue weighted by Gasteiger charge is -2.21. The van der Waals surface area contributed by atoms with Crippen LogP contribution in [0.1, 0.15) is 34.6 Å². The lowest BCUT2D eigenvalue weighted by Crippen LogP contribution is -2.33. The van der Waals surface area contributed by atoms with Crippen LogP contribution in [0.25, 0.3) is 0 Å². The van der Waals surface area contributed by atoms with Crippen molar-refractivity contribution in [2.24, 2.45) is 5.73 Å². The SMILES string of the molecule is CC(C)N(C)S(=O)(=O)c1ccc(Cl)c(C(=O)Nc2ccc(F)c(C(N)=O)c2)c1. The molecular weight excluding hydrogens is 409 g/mol. The zero-order chi connectivity index (χ0) is 21.2. The Balaban J connectivity index is 2.39. The second kappa shape index (κ2) is 8.26. The molecule has 0 saturated carbocycles. The molecule has 10 heteroatoms. The first-order chi connectivity index (χ1) is 12.9. The summed E-state index contributed by atoms with van der Waals surface area (Å²) in [5.41, 5.74) is 4.70. The molecule has 0 aliphatic rings. The van der Waals surface area contributed by atoms with Crippen molar-refractivity contribution in [2.45, 2.75) is 24.8 Å². The van der Waals surface area contributed by atoms with Crippen LogP contribution in [0, 0.1) is 5.82 Å². The Hall–Kier alpha value is -2.49. The van der Waals surface area contributed by atoms with E-state index in [9.17, 15) is 22.4 Å². The van der Waals surface area contributed by atoms with Crippen LogP contribution in [0.4, 0.5) is 10.1 Å². The summed E-state index contributed by atoms with van der Waals surface area (Å²) in [5, 5.41) is 2.47. The number of carbonyl (C=O) groups is 2. The van der Waals surface area contributed by atoms with E-state index in [2.05, 4.69) is 5.32 Å². The van der Waals surface area contributed by atoms with Gasteiger partial charge >= 0.3 is 0 Å². The summed E-state index contributed by atoms with van der Waals surface area (Å²) in [6, 6.07) is 6.77. The van der Waals surface area contributed by atoms with Gasteiger partial charge in [0.15, 0.2) is 0 Å². The lowest BCUT2D eigenvalue weighted by molar-refractivity contribution is 0.0992. The van der Waals surface area contributed by atoms with Crippen LogP contribution >= 0.6 is 11.6 Å². The highest BCUT2D eigenvalue weighted by Gasteiger charge is 2.25. The Morgan fingerprint density at radius 1 is 1.14 bits per heavy atom. The Morgan fingerprint density at radius 3 is 2.36 bits per heavy atom. The van der Waals surface area contributed by atoms with Crippen molar-refractivity contribution in [1.29, 1.82) is 0 Å². The van der Waals surface area contributed by atoms with Gasteiger partial charge < -0.3 is 11.1 Å². The Labute approximate surface area is 167 Å². The topological polar surface area (TPSA) is 110 Å². The van der Waals surface area contributed by atoms with Gasteiger partial charge in [-0.3, -0.25) is 9.59 Å². The number of primary amides is 1. The molecule has 0 spiro atoms. The van der Waals surface area contributed by atoms with Gasteiger partial charge in [-0.2, -0.15) is 4.31 Å². The minimum Gasteiger partial charge on any atom is -0.366 e. The number of amides is 2. The number of anilines is 1. The summed E-state index contributed by atoms with van der Waals surface area (Å²) in [4.78, 5) is 23.7. The molecule has 2 amide bonds. The average molecular weight is 428 g/mol. The van der Waals surface area contributed by atoms with Crippen molar-refractivity contribution in [3.05, 3.63) is 58.4 Å². The molecule has 150 valence electrons. The maximum atomic E-state index is 13.6. The lowest BCUT2D eigenvalue weighted by atomic mass is 10.1. The maximum Gasteiger partial charge on any atom is 0.257 e. The van der Waals surface area contributed by atoms with Crippen molar-refractivity contribution in [3.8, 4) is 0 Å². The molecule has 2 rings (SSSR count). The molecule has 0 fully saturated rings. The minimum atomic E-state index is -3.82. The quantitative estimate of drug-likeness (QED) is 0.738. The molecule has 0 aliphatic heterocycles. The van der Waals surface area contributed by atoms with E-state index >= 15 is 0 Å². The predicted molar refractivity (Wildman–Crippen MR) is 104 cm³/mol. The molecule has 0 aliphatic carbocycles. The van der Waals surface area contributed by atoms with Crippen molar-refractivity contribution < 1.29 is 22.4 Å². The number of sulfonamides is 1. The van der Waals surface area contributed by atoms with E-state index in [-0.39, 0.29) is 27.2 Å². The Kier molecular flexibility index (Phi) is 6.43. The van der Waals surface area contributed by atoms with Gasteiger partial charge in [-0.05, 0) is 50.2 Å². The second-order valence-electron chi connectivity index (χ2n) is 6.27. The largest absolute Gasteiger partial charge is 0.366 e. The molecule has 0 radical (unpaired) electrons. The highest BCUT2D eigenvalue weighted by Crippen LogP contribution is 2.25. The summed E-state index contributed by atoms with van der Waals surface area (Å²) in [5.74, 6) is -2.54. The molecular formula is C18H19ClFN3O4S. The van der Waals surface area contributed by atoms with E-state index in [1.165, 1.54) is 25.2 Å². The third-order valence-electron chi connectivity index (χ3n) is 4.08. The summed E-state index contributed by atoms with van der Waals surface area (Å²) < 4.78 is 40.0. The van der Waals surface area contributed by atoms with Crippen molar-refractivity contribution in [1.82, 2.24) is 4.31 Å². The number of nitrogens with one attached hydrogen (secondary N) is 1. The van der Waals surface area contributed by atoms with Crippen LogP contribution in [0.15, 0.2) is 41.3 Å². The molecule has 7 nitrogen and oxygen atoms in total. The van der Waals surface area contributed by atoms with E-state index < -0.39 is 33.2 Å². The highest BCUT2D eigenvalue weighted by molar-refractivity contribution is 7.89. The Morgan fingerprint density at radius 2 is 1.79 bits per heavy atom. The fourth-order valence-electron chi connectivity index (χ4n) is 2.27.